The number of pyridine rings is 1. The second kappa shape index (κ2) is 6.52. The molecule has 2 heterocycles. The van der Waals surface area contributed by atoms with Crippen LogP contribution in [0.25, 0.3) is 21.5 Å². The van der Waals surface area contributed by atoms with E-state index in [2.05, 4.69) is 4.98 Å². The number of aryl methyl sites for hydroxylation is 1. The molecule has 0 bridgehead atoms. The van der Waals surface area contributed by atoms with Gasteiger partial charge in [-0.1, -0.05) is 0 Å². The van der Waals surface area contributed by atoms with Crippen LogP contribution in [0.15, 0.2) is 34.7 Å². The molecule has 0 saturated heterocycles. The normalized spacial score (nSPS) is 11.0. The van der Waals surface area contributed by atoms with Gasteiger partial charge in [0.1, 0.15) is 16.4 Å². The lowest BCUT2D eigenvalue weighted by atomic mass is 10.1. The van der Waals surface area contributed by atoms with E-state index in [1.165, 1.54) is 23.6 Å². The van der Waals surface area contributed by atoms with Gasteiger partial charge in [0.05, 0.1) is 12.1 Å². The van der Waals surface area contributed by atoms with Crippen molar-refractivity contribution in [1.82, 2.24) is 9.55 Å². The molecule has 1 aromatic carbocycles. The molecule has 3 aromatic rings. The quantitative estimate of drug-likeness (QED) is 0.679. The van der Waals surface area contributed by atoms with Crippen molar-refractivity contribution in [2.24, 2.45) is 0 Å². The largest absolute Gasteiger partial charge is 0.462 e. The maximum absolute atomic E-state index is 14.5. The minimum Gasteiger partial charge on any atom is -0.462 e. The van der Waals surface area contributed by atoms with E-state index in [4.69, 9.17) is 4.74 Å². The molecular weight excluding hydrogens is 331 g/mol. The van der Waals surface area contributed by atoms with Gasteiger partial charge >= 0.3 is 5.97 Å². The number of carbonyl (C=O) groups excluding carboxylic acids is 1. The number of ether oxygens (including phenoxy) is 1. The lowest BCUT2D eigenvalue weighted by molar-refractivity contribution is 0.0524. The van der Waals surface area contributed by atoms with Crippen molar-refractivity contribution in [3.05, 3.63) is 51.5 Å². The third-order valence-electron chi connectivity index (χ3n) is 3.67. The summed E-state index contributed by atoms with van der Waals surface area (Å²) in [6.07, 6.45) is 3.06. The molecule has 0 fully saturated rings. The Morgan fingerprint density at radius 2 is 2.17 bits per heavy atom. The molecular formula is C17H15FN2O3S. The van der Waals surface area contributed by atoms with E-state index < -0.39 is 17.2 Å². The number of hydrogen-bond acceptors (Lipinski definition) is 5. The van der Waals surface area contributed by atoms with Crippen molar-refractivity contribution in [1.29, 1.82) is 0 Å². The number of aromatic nitrogens is 2. The minimum atomic E-state index is -0.698. The number of esters is 1. The van der Waals surface area contributed by atoms with Gasteiger partial charge in [0.15, 0.2) is 0 Å². The number of carbonyl (C=O) groups is 1. The van der Waals surface area contributed by atoms with Gasteiger partial charge in [-0.25, -0.2) is 14.2 Å². The molecule has 0 aliphatic rings. The third-order valence-corrected chi connectivity index (χ3v) is 4.47. The summed E-state index contributed by atoms with van der Waals surface area (Å²) in [4.78, 5) is 28.7. The summed E-state index contributed by atoms with van der Waals surface area (Å²) in [7, 11) is 0. The van der Waals surface area contributed by atoms with Crippen LogP contribution in [-0.2, 0) is 11.3 Å². The van der Waals surface area contributed by atoms with E-state index in [0.29, 0.717) is 22.6 Å². The van der Waals surface area contributed by atoms with E-state index in [9.17, 15) is 14.0 Å². The fraction of sp³-hybridized carbons (Fsp3) is 0.235. The Morgan fingerprint density at radius 1 is 1.38 bits per heavy atom. The predicted molar refractivity (Wildman–Crippen MR) is 90.9 cm³/mol. The van der Waals surface area contributed by atoms with Gasteiger partial charge < -0.3 is 9.30 Å². The first kappa shape index (κ1) is 16.3. The molecule has 0 spiro atoms. The summed E-state index contributed by atoms with van der Waals surface area (Å²) < 4.78 is 21.1. The number of benzene rings is 1. The zero-order valence-corrected chi connectivity index (χ0v) is 14.0. The number of hydrogen-bond donors (Lipinski definition) is 0. The molecule has 0 unspecified atom stereocenters. The van der Waals surface area contributed by atoms with Crippen molar-refractivity contribution < 1.29 is 13.9 Å². The van der Waals surface area contributed by atoms with Gasteiger partial charge in [0, 0.05) is 35.3 Å². The number of thiazole rings is 1. The Bertz CT molecular complexity index is 964. The second-order valence-corrected chi connectivity index (χ2v) is 5.96. The molecule has 0 aliphatic heterocycles. The van der Waals surface area contributed by atoms with Gasteiger partial charge in [-0.15, -0.1) is 11.3 Å². The molecule has 2 aromatic heterocycles. The first-order valence-electron chi connectivity index (χ1n) is 7.50. The van der Waals surface area contributed by atoms with Gasteiger partial charge in [-0.05, 0) is 26.0 Å². The Hall–Kier alpha value is -2.54. The van der Waals surface area contributed by atoms with E-state index in [1.54, 1.807) is 29.1 Å². The van der Waals surface area contributed by atoms with Crippen LogP contribution in [0.3, 0.4) is 0 Å². The molecule has 0 N–H and O–H groups in total. The fourth-order valence-electron chi connectivity index (χ4n) is 2.55. The van der Waals surface area contributed by atoms with Gasteiger partial charge in [0.2, 0.25) is 5.43 Å². The van der Waals surface area contributed by atoms with Crippen LogP contribution in [0.4, 0.5) is 4.39 Å². The monoisotopic (exact) mass is 346 g/mol. The Labute approximate surface area is 141 Å². The number of halogens is 1. The summed E-state index contributed by atoms with van der Waals surface area (Å²) in [5.74, 6) is -1.24. The standard InChI is InChI=1S/C17H15FN2O3S/c1-3-20-9-12(17(22)23-4-2)15(21)11-7-13(18)10(8-14(11)20)16-19-5-6-24-16/h5-9H,3-4H2,1-2H3. The summed E-state index contributed by atoms with van der Waals surface area (Å²) in [5.41, 5.74) is 0.274. The van der Waals surface area contributed by atoms with Crippen molar-refractivity contribution in [3.63, 3.8) is 0 Å². The number of rotatable bonds is 4. The molecule has 5 nitrogen and oxygen atoms in total. The van der Waals surface area contributed by atoms with E-state index in [0.717, 1.165) is 0 Å². The van der Waals surface area contributed by atoms with Crippen LogP contribution in [0.2, 0.25) is 0 Å². The highest BCUT2D eigenvalue weighted by Crippen LogP contribution is 2.28. The van der Waals surface area contributed by atoms with Crippen LogP contribution < -0.4 is 5.43 Å². The van der Waals surface area contributed by atoms with Crippen LogP contribution >= 0.6 is 11.3 Å². The van der Waals surface area contributed by atoms with Gasteiger partial charge in [-0.3, -0.25) is 4.79 Å². The molecule has 0 atom stereocenters. The first-order valence-corrected chi connectivity index (χ1v) is 8.38. The Balaban J connectivity index is 2.30. The van der Waals surface area contributed by atoms with Crippen LogP contribution in [-0.4, -0.2) is 22.1 Å². The van der Waals surface area contributed by atoms with Crippen LogP contribution in [0.5, 0.6) is 0 Å². The maximum Gasteiger partial charge on any atom is 0.343 e. The SMILES string of the molecule is CCOC(=O)c1cn(CC)c2cc(-c3nccs3)c(F)cc2c1=O. The fourth-order valence-corrected chi connectivity index (χ4v) is 3.20. The van der Waals surface area contributed by atoms with Gasteiger partial charge in [0.25, 0.3) is 0 Å². The molecule has 0 radical (unpaired) electrons. The van der Waals surface area contributed by atoms with E-state index in [-0.39, 0.29) is 17.6 Å². The zero-order valence-electron chi connectivity index (χ0n) is 13.2. The highest BCUT2D eigenvalue weighted by atomic mass is 32.1. The van der Waals surface area contributed by atoms with Gasteiger partial charge in [-0.2, -0.15) is 0 Å². The third kappa shape index (κ3) is 2.71. The van der Waals surface area contributed by atoms with Crippen molar-refractivity contribution >= 4 is 28.2 Å². The van der Waals surface area contributed by atoms with Crippen LogP contribution in [0.1, 0.15) is 24.2 Å². The lowest BCUT2D eigenvalue weighted by Crippen LogP contribution is -2.21. The Morgan fingerprint density at radius 3 is 2.79 bits per heavy atom. The van der Waals surface area contributed by atoms with E-state index >= 15 is 0 Å². The molecule has 0 saturated carbocycles. The molecule has 124 valence electrons. The topological polar surface area (TPSA) is 61.2 Å². The highest BCUT2D eigenvalue weighted by Gasteiger charge is 2.19. The maximum atomic E-state index is 14.5. The highest BCUT2D eigenvalue weighted by molar-refractivity contribution is 7.13. The first-order chi connectivity index (χ1) is 11.6. The molecule has 0 aliphatic carbocycles. The summed E-state index contributed by atoms with van der Waals surface area (Å²) in [6, 6.07) is 2.77. The second-order valence-electron chi connectivity index (χ2n) is 5.06. The number of fused-ring (bicyclic) bond motifs is 1. The lowest BCUT2D eigenvalue weighted by Gasteiger charge is -2.12. The van der Waals surface area contributed by atoms with Crippen molar-refractivity contribution in [2.75, 3.05) is 6.61 Å². The molecule has 0 amide bonds. The van der Waals surface area contributed by atoms with Crippen molar-refractivity contribution in [2.45, 2.75) is 20.4 Å². The van der Waals surface area contributed by atoms with Crippen LogP contribution in [0, 0.1) is 5.82 Å². The Kier molecular flexibility index (Phi) is 4.44. The van der Waals surface area contributed by atoms with Crippen molar-refractivity contribution in [3.8, 4) is 10.6 Å². The summed E-state index contributed by atoms with van der Waals surface area (Å²) >= 11 is 1.32. The zero-order chi connectivity index (χ0) is 17.3. The average molecular weight is 346 g/mol. The molecule has 24 heavy (non-hydrogen) atoms. The number of nitrogens with zero attached hydrogens (tertiary/aromatic N) is 2. The van der Waals surface area contributed by atoms with E-state index in [1.807, 2.05) is 6.92 Å². The molecule has 3 rings (SSSR count). The predicted octanol–water partition coefficient (Wildman–Crippen LogP) is 3.46. The minimum absolute atomic E-state index is 0.0902. The average Bonchev–Trinajstić information content (AvgIpc) is 3.09. The smallest absolute Gasteiger partial charge is 0.343 e. The molecule has 7 heteroatoms. The summed E-state index contributed by atoms with van der Waals surface area (Å²) in [6.45, 7) is 4.23. The summed E-state index contributed by atoms with van der Waals surface area (Å²) in [5, 5.41) is 2.45.